The van der Waals surface area contributed by atoms with Crippen molar-refractivity contribution in [1.29, 1.82) is 0 Å². The molecule has 0 aliphatic carbocycles. The van der Waals surface area contributed by atoms with E-state index in [4.69, 9.17) is 4.74 Å². The van der Waals surface area contributed by atoms with Gasteiger partial charge in [-0.1, -0.05) is 36.4 Å². The first-order valence-corrected chi connectivity index (χ1v) is 7.66. The van der Waals surface area contributed by atoms with Crippen molar-refractivity contribution < 1.29 is 9.53 Å². The van der Waals surface area contributed by atoms with Crippen molar-refractivity contribution in [3.63, 3.8) is 0 Å². The molecule has 1 N–H and O–H groups in total. The van der Waals surface area contributed by atoms with E-state index in [1.165, 1.54) is 17.3 Å². The van der Waals surface area contributed by atoms with E-state index >= 15 is 0 Å². The van der Waals surface area contributed by atoms with Gasteiger partial charge in [-0.2, -0.15) is 5.10 Å². The minimum Gasteiger partial charge on any atom is -0.457 e. The fourth-order valence-electron chi connectivity index (χ4n) is 2.23. The summed E-state index contributed by atoms with van der Waals surface area (Å²) in [5.41, 5.74) is 0.903. The Bertz CT molecular complexity index is 788. The molecule has 0 saturated carbocycles. The third-order valence-corrected chi connectivity index (χ3v) is 3.61. The van der Waals surface area contributed by atoms with Crippen LogP contribution in [0.1, 0.15) is 18.5 Å². The highest BCUT2D eigenvalue weighted by molar-refractivity contribution is 5.79. The first-order chi connectivity index (χ1) is 11.7. The van der Waals surface area contributed by atoms with Gasteiger partial charge in [0.2, 0.25) is 5.91 Å². The topological polar surface area (TPSA) is 69.0 Å². The lowest BCUT2D eigenvalue weighted by Crippen LogP contribution is -2.30. The zero-order valence-electron chi connectivity index (χ0n) is 13.3. The van der Waals surface area contributed by atoms with Gasteiger partial charge in [-0.15, -0.1) is 0 Å². The second-order valence-electron chi connectivity index (χ2n) is 5.29. The third kappa shape index (κ3) is 3.78. The molecule has 6 heteroatoms. The predicted molar refractivity (Wildman–Crippen MR) is 89.5 cm³/mol. The van der Waals surface area contributed by atoms with Crippen LogP contribution in [0.5, 0.6) is 11.5 Å². The Morgan fingerprint density at radius 3 is 2.67 bits per heavy atom. The summed E-state index contributed by atoms with van der Waals surface area (Å²) in [7, 11) is 0. The maximum Gasteiger partial charge on any atom is 0.244 e. The van der Waals surface area contributed by atoms with Crippen molar-refractivity contribution >= 4 is 5.91 Å². The molecule has 1 aromatic heterocycles. The fraction of sp³-hybridized carbons (Fsp3) is 0.167. The van der Waals surface area contributed by atoms with Gasteiger partial charge in [-0.25, -0.2) is 9.67 Å². The standard InChI is InChI=1S/C18H18N4O2/c1-14(22-13-19-12-21-22)18(23)20-11-15-7-5-6-10-17(15)24-16-8-3-2-4-9-16/h2-10,12-14H,11H2,1H3,(H,20,23)/t14-/m0/s1. The van der Waals surface area contributed by atoms with Gasteiger partial charge < -0.3 is 10.1 Å². The van der Waals surface area contributed by atoms with Crippen LogP contribution in [0.2, 0.25) is 0 Å². The predicted octanol–water partition coefficient (Wildman–Crippen LogP) is 2.95. The summed E-state index contributed by atoms with van der Waals surface area (Å²) >= 11 is 0. The van der Waals surface area contributed by atoms with Crippen LogP contribution in [0, 0.1) is 0 Å². The molecular weight excluding hydrogens is 304 g/mol. The summed E-state index contributed by atoms with van der Waals surface area (Å²) in [5, 5.41) is 6.89. The third-order valence-electron chi connectivity index (χ3n) is 3.61. The number of rotatable bonds is 6. The van der Waals surface area contributed by atoms with Gasteiger partial charge >= 0.3 is 0 Å². The molecule has 0 aliphatic heterocycles. The zero-order chi connectivity index (χ0) is 16.8. The van der Waals surface area contributed by atoms with E-state index in [0.29, 0.717) is 6.54 Å². The monoisotopic (exact) mass is 322 g/mol. The number of carbonyl (C=O) groups is 1. The minimum atomic E-state index is -0.422. The Hall–Kier alpha value is -3.15. The minimum absolute atomic E-state index is 0.130. The number of amides is 1. The molecule has 0 bridgehead atoms. The fourth-order valence-corrected chi connectivity index (χ4v) is 2.23. The van der Waals surface area contributed by atoms with Crippen molar-refractivity contribution in [3.05, 3.63) is 72.8 Å². The molecule has 3 aromatic rings. The second-order valence-corrected chi connectivity index (χ2v) is 5.29. The van der Waals surface area contributed by atoms with E-state index in [1.807, 2.05) is 54.6 Å². The van der Waals surface area contributed by atoms with Crippen LogP contribution in [-0.4, -0.2) is 20.7 Å². The number of ether oxygens (including phenoxy) is 1. The maximum absolute atomic E-state index is 12.2. The smallest absolute Gasteiger partial charge is 0.244 e. The highest BCUT2D eigenvalue weighted by Gasteiger charge is 2.15. The van der Waals surface area contributed by atoms with Crippen molar-refractivity contribution in [3.8, 4) is 11.5 Å². The molecule has 0 radical (unpaired) electrons. The lowest BCUT2D eigenvalue weighted by Gasteiger charge is -2.14. The largest absolute Gasteiger partial charge is 0.457 e. The molecule has 3 rings (SSSR count). The van der Waals surface area contributed by atoms with Gasteiger partial charge in [-0.05, 0) is 25.1 Å². The molecule has 24 heavy (non-hydrogen) atoms. The number of benzene rings is 2. The van der Waals surface area contributed by atoms with Crippen molar-refractivity contribution in [2.75, 3.05) is 0 Å². The second kappa shape index (κ2) is 7.41. The molecule has 0 saturated heterocycles. The first kappa shape index (κ1) is 15.7. The van der Waals surface area contributed by atoms with Crippen molar-refractivity contribution in [2.24, 2.45) is 0 Å². The van der Waals surface area contributed by atoms with E-state index in [0.717, 1.165) is 17.1 Å². The Labute approximate surface area is 140 Å². The molecule has 0 fully saturated rings. The van der Waals surface area contributed by atoms with E-state index in [2.05, 4.69) is 15.4 Å². The zero-order valence-corrected chi connectivity index (χ0v) is 13.3. The SMILES string of the molecule is C[C@@H](C(=O)NCc1ccccc1Oc1ccccc1)n1cncn1. The number of nitrogens with zero attached hydrogens (tertiary/aromatic N) is 3. The van der Waals surface area contributed by atoms with Crippen LogP contribution in [0.15, 0.2) is 67.3 Å². The molecule has 0 unspecified atom stereocenters. The highest BCUT2D eigenvalue weighted by atomic mass is 16.5. The summed E-state index contributed by atoms with van der Waals surface area (Å²) in [5.74, 6) is 1.35. The Morgan fingerprint density at radius 1 is 1.17 bits per heavy atom. The normalized spacial score (nSPS) is 11.7. The number of nitrogens with one attached hydrogen (secondary N) is 1. The van der Waals surface area contributed by atoms with Crippen LogP contribution in [0.4, 0.5) is 0 Å². The molecule has 0 aliphatic rings. The quantitative estimate of drug-likeness (QED) is 0.757. The van der Waals surface area contributed by atoms with Gasteiger partial charge in [0.25, 0.3) is 0 Å². The number of carbonyl (C=O) groups excluding carboxylic acids is 1. The number of hydrogen-bond acceptors (Lipinski definition) is 4. The van der Waals surface area contributed by atoms with Gasteiger partial charge in [0.15, 0.2) is 0 Å². The first-order valence-electron chi connectivity index (χ1n) is 7.66. The summed E-state index contributed by atoms with van der Waals surface area (Å²) < 4.78 is 7.41. The van der Waals surface area contributed by atoms with Crippen LogP contribution in [0.25, 0.3) is 0 Å². The van der Waals surface area contributed by atoms with Crippen molar-refractivity contribution in [1.82, 2.24) is 20.1 Å². The number of aromatic nitrogens is 3. The van der Waals surface area contributed by atoms with Gasteiger partial charge in [-0.3, -0.25) is 4.79 Å². The molecule has 122 valence electrons. The van der Waals surface area contributed by atoms with Crippen molar-refractivity contribution in [2.45, 2.75) is 19.5 Å². The van der Waals surface area contributed by atoms with E-state index in [-0.39, 0.29) is 5.91 Å². The summed E-state index contributed by atoms with van der Waals surface area (Å²) in [6, 6.07) is 16.8. The lowest BCUT2D eigenvalue weighted by atomic mass is 10.2. The molecular formula is C18H18N4O2. The Morgan fingerprint density at radius 2 is 1.92 bits per heavy atom. The van der Waals surface area contributed by atoms with Gasteiger partial charge in [0, 0.05) is 12.1 Å². The average Bonchev–Trinajstić information content (AvgIpc) is 3.15. The Balaban J connectivity index is 1.66. The van der Waals surface area contributed by atoms with Crippen LogP contribution in [0.3, 0.4) is 0 Å². The van der Waals surface area contributed by atoms with Crippen LogP contribution >= 0.6 is 0 Å². The number of para-hydroxylation sites is 2. The molecule has 6 nitrogen and oxygen atoms in total. The van der Waals surface area contributed by atoms with E-state index < -0.39 is 6.04 Å². The van der Waals surface area contributed by atoms with Gasteiger partial charge in [0.1, 0.15) is 30.2 Å². The van der Waals surface area contributed by atoms with E-state index in [1.54, 1.807) is 6.92 Å². The van der Waals surface area contributed by atoms with Crippen LogP contribution < -0.4 is 10.1 Å². The number of hydrogen-bond donors (Lipinski definition) is 1. The Kier molecular flexibility index (Phi) is 4.86. The molecule has 2 aromatic carbocycles. The molecule has 1 heterocycles. The average molecular weight is 322 g/mol. The highest BCUT2D eigenvalue weighted by Crippen LogP contribution is 2.24. The van der Waals surface area contributed by atoms with Gasteiger partial charge in [0.05, 0.1) is 0 Å². The summed E-state index contributed by atoms with van der Waals surface area (Å²) in [4.78, 5) is 16.1. The van der Waals surface area contributed by atoms with Crippen LogP contribution in [-0.2, 0) is 11.3 Å². The maximum atomic E-state index is 12.2. The summed E-state index contributed by atoms with van der Waals surface area (Å²) in [6.45, 7) is 2.15. The summed E-state index contributed by atoms with van der Waals surface area (Å²) in [6.07, 6.45) is 2.93. The molecule has 0 spiro atoms. The molecule has 1 amide bonds. The lowest BCUT2D eigenvalue weighted by molar-refractivity contribution is -0.124. The van der Waals surface area contributed by atoms with E-state index in [9.17, 15) is 4.79 Å². The molecule has 1 atom stereocenters.